The van der Waals surface area contributed by atoms with Gasteiger partial charge < -0.3 is 15.0 Å². The molecule has 2 heterocycles. The maximum absolute atomic E-state index is 12.0. The number of pyridine rings is 1. The summed E-state index contributed by atoms with van der Waals surface area (Å²) in [5.41, 5.74) is 3.50. The number of aromatic nitrogens is 2. The molecule has 0 spiro atoms. The molecule has 6 heteroatoms. The molecule has 0 unspecified atom stereocenters. The van der Waals surface area contributed by atoms with E-state index < -0.39 is 5.97 Å². The third-order valence-electron chi connectivity index (χ3n) is 3.57. The van der Waals surface area contributed by atoms with Crippen molar-refractivity contribution in [1.29, 1.82) is 0 Å². The molecule has 23 heavy (non-hydrogen) atoms. The molecule has 3 rings (SSSR count). The second-order valence-electron chi connectivity index (χ2n) is 5.30. The quantitative estimate of drug-likeness (QED) is 0.728. The van der Waals surface area contributed by atoms with Crippen LogP contribution in [-0.4, -0.2) is 28.5 Å². The Morgan fingerprint density at radius 1 is 1.26 bits per heavy atom. The number of amides is 1. The number of rotatable bonds is 3. The minimum absolute atomic E-state index is 0.130. The molecule has 0 fully saturated rings. The first-order chi connectivity index (χ1) is 11.0. The van der Waals surface area contributed by atoms with Crippen LogP contribution in [0.5, 0.6) is 0 Å². The second-order valence-corrected chi connectivity index (χ2v) is 5.30. The zero-order chi connectivity index (χ0) is 16.6. The maximum atomic E-state index is 12.0. The molecule has 6 nitrogen and oxygen atoms in total. The summed E-state index contributed by atoms with van der Waals surface area (Å²) in [7, 11) is 0. The van der Waals surface area contributed by atoms with Crippen LogP contribution in [0.2, 0.25) is 0 Å². The van der Waals surface area contributed by atoms with E-state index >= 15 is 0 Å². The number of nitrogens with zero attached hydrogens (tertiary/aromatic N) is 1. The first kappa shape index (κ1) is 15.0. The highest BCUT2D eigenvalue weighted by atomic mass is 16.5. The van der Waals surface area contributed by atoms with Gasteiger partial charge in [0.1, 0.15) is 5.69 Å². The normalized spacial score (nSPS) is 10.9. The minimum Gasteiger partial charge on any atom is -0.461 e. The predicted octanol–water partition coefficient (Wildman–Crippen LogP) is 3.16. The van der Waals surface area contributed by atoms with E-state index in [9.17, 15) is 9.59 Å². The molecule has 2 aromatic heterocycles. The van der Waals surface area contributed by atoms with Crippen LogP contribution in [0.4, 0.5) is 5.69 Å². The molecule has 0 aliphatic rings. The van der Waals surface area contributed by atoms with Crippen molar-refractivity contribution in [2.45, 2.75) is 20.8 Å². The number of aryl methyl sites for hydroxylation is 1. The lowest BCUT2D eigenvalue weighted by molar-refractivity contribution is -0.114. The molecule has 1 aromatic carbocycles. The van der Waals surface area contributed by atoms with E-state index in [1.54, 1.807) is 13.0 Å². The number of carbonyl (C=O) groups excluding carboxylic acids is 2. The van der Waals surface area contributed by atoms with Crippen molar-refractivity contribution in [2.24, 2.45) is 0 Å². The van der Waals surface area contributed by atoms with Crippen molar-refractivity contribution in [3.63, 3.8) is 0 Å². The lowest BCUT2D eigenvalue weighted by Gasteiger charge is -2.04. The molecule has 0 aliphatic carbocycles. The van der Waals surface area contributed by atoms with Crippen LogP contribution in [0.25, 0.3) is 21.8 Å². The number of aromatic amines is 1. The first-order valence-electron chi connectivity index (χ1n) is 7.37. The highest BCUT2D eigenvalue weighted by molar-refractivity contribution is 6.11. The molecule has 0 radical (unpaired) electrons. The average Bonchev–Trinajstić information content (AvgIpc) is 2.86. The van der Waals surface area contributed by atoms with Gasteiger partial charge in [-0.05, 0) is 38.1 Å². The topological polar surface area (TPSA) is 84.1 Å². The van der Waals surface area contributed by atoms with Gasteiger partial charge in [-0.1, -0.05) is 0 Å². The van der Waals surface area contributed by atoms with Gasteiger partial charge in [-0.15, -0.1) is 0 Å². The molecule has 1 amide bonds. The van der Waals surface area contributed by atoms with Crippen LogP contribution in [0.1, 0.15) is 30.0 Å². The average molecular weight is 311 g/mol. The van der Waals surface area contributed by atoms with Gasteiger partial charge >= 0.3 is 5.97 Å². The largest absolute Gasteiger partial charge is 0.461 e. The van der Waals surface area contributed by atoms with E-state index in [1.165, 1.54) is 6.92 Å². The Morgan fingerprint density at radius 2 is 2.04 bits per heavy atom. The number of carbonyl (C=O) groups is 2. The number of hydrogen-bond acceptors (Lipinski definition) is 4. The van der Waals surface area contributed by atoms with Gasteiger partial charge in [0.05, 0.1) is 17.8 Å². The zero-order valence-electron chi connectivity index (χ0n) is 13.2. The minimum atomic E-state index is -0.440. The highest BCUT2D eigenvalue weighted by Crippen LogP contribution is 2.29. The van der Waals surface area contributed by atoms with Gasteiger partial charge in [0.25, 0.3) is 0 Å². The summed E-state index contributed by atoms with van der Waals surface area (Å²) >= 11 is 0. The Kier molecular flexibility index (Phi) is 3.73. The summed E-state index contributed by atoms with van der Waals surface area (Å²) in [6.07, 6.45) is 0. The zero-order valence-corrected chi connectivity index (χ0v) is 13.2. The summed E-state index contributed by atoms with van der Waals surface area (Å²) < 4.78 is 5.03. The van der Waals surface area contributed by atoms with E-state index in [1.807, 2.05) is 25.1 Å². The van der Waals surface area contributed by atoms with E-state index in [-0.39, 0.29) is 11.6 Å². The van der Waals surface area contributed by atoms with Crippen LogP contribution in [0.15, 0.2) is 24.3 Å². The third kappa shape index (κ3) is 2.75. The number of hydrogen-bond donors (Lipinski definition) is 2. The van der Waals surface area contributed by atoms with Crippen molar-refractivity contribution >= 4 is 39.4 Å². The van der Waals surface area contributed by atoms with Crippen LogP contribution in [-0.2, 0) is 9.53 Å². The molecule has 0 saturated heterocycles. The first-order valence-corrected chi connectivity index (χ1v) is 7.37. The van der Waals surface area contributed by atoms with Gasteiger partial charge in [0.15, 0.2) is 0 Å². The SMILES string of the molecule is CCOC(=O)c1cc2c([nH]c3ccc(NC(C)=O)cc32)c(C)n1. The molecular weight excluding hydrogens is 294 g/mol. The molecule has 0 atom stereocenters. The summed E-state index contributed by atoms with van der Waals surface area (Å²) in [6, 6.07) is 7.32. The van der Waals surface area contributed by atoms with Crippen molar-refractivity contribution in [2.75, 3.05) is 11.9 Å². The van der Waals surface area contributed by atoms with Crippen LogP contribution in [0.3, 0.4) is 0 Å². The Bertz CT molecular complexity index is 928. The Labute approximate surface area is 132 Å². The van der Waals surface area contributed by atoms with Crippen molar-refractivity contribution in [3.8, 4) is 0 Å². The lowest BCUT2D eigenvalue weighted by Crippen LogP contribution is -2.07. The van der Waals surface area contributed by atoms with Crippen LogP contribution in [0, 0.1) is 6.92 Å². The fraction of sp³-hybridized carbons (Fsp3) is 0.235. The van der Waals surface area contributed by atoms with Crippen LogP contribution < -0.4 is 5.32 Å². The lowest BCUT2D eigenvalue weighted by atomic mass is 10.1. The fourth-order valence-electron chi connectivity index (χ4n) is 2.64. The summed E-state index contributed by atoms with van der Waals surface area (Å²) in [5, 5.41) is 4.56. The van der Waals surface area contributed by atoms with E-state index in [4.69, 9.17) is 4.74 Å². The number of anilines is 1. The molecule has 0 bridgehead atoms. The third-order valence-corrected chi connectivity index (χ3v) is 3.57. The van der Waals surface area contributed by atoms with Crippen molar-refractivity contribution in [3.05, 3.63) is 35.7 Å². The number of ether oxygens (including phenoxy) is 1. The molecule has 0 saturated carbocycles. The molecule has 118 valence electrons. The van der Waals surface area contributed by atoms with E-state index in [0.29, 0.717) is 12.3 Å². The van der Waals surface area contributed by atoms with Gasteiger partial charge in [-0.2, -0.15) is 0 Å². The van der Waals surface area contributed by atoms with Gasteiger partial charge in [-0.3, -0.25) is 4.79 Å². The fourth-order valence-corrected chi connectivity index (χ4v) is 2.64. The Balaban J connectivity index is 2.21. The molecule has 2 N–H and O–H groups in total. The Morgan fingerprint density at radius 3 is 2.74 bits per heavy atom. The summed E-state index contributed by atoms with van der Waals surface area (Å²) in [6.45, 7) is 5.37. The summed E-state index contributed by atoms with van der Waals surface area (Å²) in [5.74, 6) is -0.570. The number of H-pyrrole nitrogens is 1. The second kappa shape index (κ2) is 5.72. The number of fused-ring (bicyclic) bond motifs is 3. The maximum Gasteiger partial charge on any atom is 0.356 e. The van der Waals surface area contributed by atoms with Gasteiger partial charge in [0, 0.05) is 28.9 Å². The van der Waals surface area contributed by atoms with Crippen LogP contribution >= 0.6 is 0 Å². The summed E-state index contributed by atoms with van der Waals surface area (Å²) in [4.78, 5) is 30.8. The number of nitrogens with one attached hydrogen (secondary N) is 2. The Hall–Kier alpha value is -2.89. The van der Waals surface area contributed by atoms with Gasteiger partial charge in [-0.25, -0.2) is 9.78 Å². The molecular formula is C17H17N3O3. The monoisotopic (exact) mass is 311 g/mol. The van der Waals surface area contributed by atoms with Crippen molar-refractivity contribution < 1.29 is 14.3 Å². The smallest absolute Gasteiger partial charge is 0.356 e. The molecule has 0 aliphatic heterocycles. The van der Waals surface area contributed by atoms with Gasteiger partial charge in [0.2, 0.25) is 5.91 Å². The molecule has 3 aromatic rings. The highest BCUT2D eigenvalue weighted by Gasteiger charge is 2.15. The predicted molar refractivity (Wildman–Crippen MR) is 88.6 cm³/mol. The van der Waals surface area contributed by atoms with E-state index in [2.05, 4.69) is 15.3 Å². The number of esters is 1. The standard InChI is InChI=1S/C17H17N3O3/c1-4-23-17(22)15-8-13-12-7-11(19-10(3)21)5-6-14(12)20-16(13)9(2)18-15/h5-8,20H,4H2,1-3H3,(H,19,21). The van der Waals surface area contributed by atoms with E-state index in [0.717, 1.165) is 27.5 Å². The number of benzene rings is 1. The van der Waals surface area contributed by atoms with Crippen molar-refractivity contribution in [1.82, 2.24) is 9.97 Å².